The van der Waals surface area contributed by atoms with Crippen LogP contribution in [0.5, 0.6) is 0 Å². The van der Waals surface area contributed by atoms with Gasteiger partial charge in [0.2, 0.25) is 0 Å². The lowest BCUT2D eigenvalue weighted by Crippen LogP contribution is -2.20. The Hall–Kier alpha value is -1.91. The summed E-state index contributed by atoms with van der Waals surface area (Å²) in [6, 6.07) is 2.15. The maximum absolute atomic E-state index is 11.2. The Morgan fingerprint density at radius 1 is 1.32 bits per heavy atom. The molecule has 1 N–H and O–H groups in total. The number of carbonyl (C=O) groups is 1. The number of imidazole rings is 1. The third-order valence-electron chi connectivity index (χ3n) is 3.58. The van der Waals surface area contributed by atoms with Gasteiger partial charge in [0.15, 0.2) is 0 Å². The second-order valence-corrected chi connectivity index (χ2v) is 5.21. The van der Waals surface area contributed by atoms with Gasteiger partial charge in [-0.3, -0.25) is 9.78 Å². The zero-order chi connectivity index (χ0) is 14.2. The summed E-state index contributed by atoms with van der Waals surface area (Å²) in [5.74, 6) is -0.601. The van der Waals surface area contributed by atoms with Crippen molar-refractivity contribution in [3.63, 3.8) is 0 Å². The number of fused-ring (bicyclic) bond motifs is 1. The Labute approximate surface area is 112 Å². The van der Waals surface area contributed by atoms with Gasteiger partial charge in [-0.2, -0.15) is 0 Å². The van der Waals surface area contributed by atoms with E-state index in [0.29, 0.717) is 0 Å². The molecule has 2 rings (SSSR count). The minimum Gasteiger partial charge on any atom is -0.481 e. The van der Waals surface area contributed by atoms with Gasteiger partial charge in [-0.1, -0.05) is 13.8 Å². The summed E-state index contributed by atoms with van der Waals surface area (Å²) < 4.78 is 2.10. The van der Waals surface area contributed by atoms with E-state index in [1.54, 1.807) is 19.3 Å². The molecule has 0 fully saturated rings. The van der Waals surface area contributed by atoms with Crippen LogP contribution in [0.1, 0.15) is 45.5 Å². The number of hydrogen-bond acceptors (Lipinski definition) is 3. The summed E-state index contributed by atoms with van der Waals surface area (Å²) in [4.78, 5) is 19.8. The van der Waals surface area contributed by atoms with Gasteiger partial charge in [-0.05, 0) is 19.9 Å². The highest BCUT2D eigenvalue weighted by Gasteiger charge is 2.26. The lowest BCUT2D eigenvalue weighted by atomic mass is 9.95. The highest BCUT2D eigenvalue weighted by Crippen LogP contribution is 2.29. The molecular weight excluding hydrogens is 242 g/mol. The van der Waals surface area contributed by atoms with Crippen LogP contribution in [0, 0.1) is 5.92 Å². The van der Waals surface area contributed by atoms with Crippen molar-refractivity contribution in [2.75, 3.05) is 0 Å². The van der Waals surface area contributed by atoms with Gasteiger partial charge in [-0.25, -0.2) is 4.98 Å². The van der Waals surface area contributed by atoms with Crippen molar-refractivity contribution in [1.82, 2.24) is 14.5 Å². The summed E-state index contributed by atoms with van der Waals surface area (Å²) in [5.41, 5.74) is 1.82. The summed E-state index contributed by atoms with van der Waals surface area (Å²) in [6.07, 6.45) is 3.45. The first-order valence-electron chi connectivity index (χ1n) is 6.48. The zero-order valence-electron chi connectivity index (χ0n) is 11.7. The summed E-state index contributed by atoms with van der Waals surface area (Å²) >= 11 is 0. The number of carboxylic acids is 1. The van der Waals surface area contributed by atoms with Gasteiger partial charge in [-0.15, -0.1) is 0 Å². The van der Waals surface area contributed by atoms with Crippen LogP contribution in [-0.2, 0) is 4.79 Å². The normalized spacial score (nSPS) is 14.8. The van der Waals surface area contributed by atoms with E-state index in [2.05, 4.69) is 28.4 Å². The van der Waals surface area contributed by atoms with Gasteiger partial charge in [0, 0.05) is 18.2 Å². The molecule has 0 aliphatic heterocycles. The second kappa shape index (κ2) is 4.99. The van der Waals surface area contributed by atoms with Gasteiger partial charge in [0.05, 0.1) is 17.6 Å². The molecule has 102 valence electrons. The molecule has 2 aromatic heterocycles. The van der Waals surface area contributed by atoms with Crippen molar-refractivity contribution >= 4 is 17.0 Å². The molecule has 2 heterocycles. The Bertz CT molecular complexity index is 604. The Kier molecular flexibility index (Phi) is 3.55. The van der Waals surface area contributed by atoms with Crippen molar-refractivity contribution in [3.8, 4) is 0 Å². The molecule has 0 aromatic carbocycles. The number of aliphatic carboxylic acids is 1. The number of rotatable bonds is 4. The van der Waals surface area contributed by atoms with E-state index < -0.39 is 11.9 Å². The van der Waals surface area contributed by atoms with E-state index in [1.165, 1.54) is 0 Å². The molecule has 0 aliphatic rings. The largest absolute Gasteiger partial charge is 0.481 e. The topological polar surface area (TPSA) is 68.0 Å². The van der Waals surface area contributed by atoms with Crippen LogP contribution in [0.25, 0.3) is 11.0 Å². The Morgan fingerprint density at radius 3 is 2.58 bits per heavy atom. The highest BCUT2D eigenvalue weighted by molar-refractivity contribution is 5.76. The number of carboxylic acid groups (broad SMARTS) is 1. The van der Waals surface area contributed by atoms with Gasteiger partial charge >= 0.3 is 5.97 Å². The molecule has 2 atom stereocenters. The first-order chi connectivity index (χ1) is 8.93. The molecule has 0 bridgehead atoms. The van der Waals surface area contributed by atoms with Crippen LogP contribution < -0.4 is 0 Å². The molecule has 0 saturated heterocycles. The van der Waals surface area contributed by atoms with Gasteiger partial charge < -0.3 is 9.67 Å². The first kappa shape index (κ1) is 13.5. The molecule has 19 heavy (non-hydrogen) atoms. The monoisotopic (exact) mass is 261 g/mol. The highest BCUT2D eigenvalue weighted by atomic mass is 16.4. The van der Waals surface area contributed by atoms with E-state index in [4.69, 9.17) is 5.11 Å². The van der Waals surface area contributed by atoms with Crippen molar-refractivity contribution in [2.24, 2.45) is 5.92 Å². The Balaban J connectivity index is 2.59. The van der Waals surface area contributed by atoms with Crippen molar-refractivity contribution in [2.45, 2.75) is 39.7 Å². The molecule has 0 aliphatic carbocycles. The quantitative estimate of drug-likeness (QED) is 0.918. The van der Waals surface area contributed by atoms with E-state index in [9.17, 15) is 4.79 Å². The fourth-order valence-electron chi connectivity index (χ4n) is 2.27. The predicted octanol–water partition coefficient (Wildman–Crippen LogP) is 2.84. The van der Waals surface area contributed by atoms with E-state index in [1.807, 2.05) is 13.0 Å². The molecular formula is C14H19N3O2. The van der Waals surface area contributed by atoms with E-state index in [0.717, 1.165) is 16.9 Å². The standard InChI is InChI=1S/C14H19N3O2/c1-8(2)17-12-5-6-15-7-11(12)16-13(17)9(3)10(4)14(18)19/h5-10H,1-4H3,(H,18,19). The minimum atomic E-state index is -0.798. The molecule has 0 saturated carbocycles. The third-order valence-corrected chi connectivity index (χ3v) is 3.58. The number of pyridine rings is 1. The third kappa shape index (κ3) is 2.32. The van der Waals surface area contributed by atoms with Gasteiger partial charge in [0.1, 0.15) is 11.3 Å². The maximum Gasteiger partial charge on any atom is 0.306 e. The van der Waals surface area contributed by atoms with Crippen LogP contribution in [-0.4, -0.2) is 25.6 Å². The number of nitrogens with zero attached hydrogens (tertiary/aromatic N) is 3. The van der Waals surface area contributed by atoms with Crippen molar-refractivity contribution < 1.29 is 9.90 Å². The molecule has 5 heteroatoms. The number of hydrogen-bond donors (Lipinski definition) is 1. The lowest BCUT2D eigenvalue weighted by molar-refractivity contribution is -0.141. The summed E-state index contributed by atoms with van der Waals surface area (Å²) in [6.45, 7) is 7.77. The fourth-order valence-corrected chi connectivity index (χ4v) is 2.27. The maximum atomic E-state index is 11.2. The fraction of sp³-hybridized carbons (Fsp3) is 0.500. The first-order valence-corrected chi connectivity index (χ1v) is 6.48. The number of aromatic nitrogens is 3. The van der Waals surface area contributed by atoms with Crippen molar-refractivity contribution in [1.29, 1.82) is 0 Å². The second-order valence-electron chi connectivity index (χ2n) is 5.21. The molecule has 2 aromatic rings. The van der Waals surface area contributed by atoms with Crippen LogP contribution in [0.3, 0.4) is 0 Å². The van der Waals surface area contributed by atoms with Crippen molar-refractivity contribution in [3.05, 3.63) is 24.3 Å². The molecule has 0 radical (unpaired) electrons. The van der Waals surface area contributed by atoms with E-state index in [-0.39, 0.29) is 12.0 Å². The van der Waals surface area contributed by atoms with Crippen LogP contribution in [0.4, 0.5) is 0 Å². The smallest absolute Gasteiger partial charge is 0.306 e. The minimum absolute atomic E-state index is 0.146. The average Bonchev–Trinajstić information content (AvgIpc) is 2.75. The van der Waals surface area contributed by atoms with Crippen LogP contribution >= 0.6 is 0 Å². The molecule has 2 unspecified atom stereocenters. The zero-order valence-corrected chi connectivity index (χ0v) is 11.7. The predicted molar refractivity (Wildman–Crippen MR) is 73.1 cm³/mol. The average molecular weight is 261 g/mol. The molecule has 0 spiro atoms. The van der Waals surface area contributed by atoms with Gasteiger partial charge in [0.25, 0.3) is 0 Å². The lowest BCUT2D eigenvalue weighted by Gasteiger charge is -2.20. The SMILES string of the molecule is CC(C(=O)O)C(C)c1nc2cnccc2n1C(C)C. The summed E-state index contributed by atoms with van der Waals surface area (Å²) in [5, 5.41) is 9.17. The summed E-state index contributed by atoms with van der Waals surface area (Å²) in [7, 11) is 0. The Morgan fingerprint density at radius 2 is 2.00 bits per heavy atom. The molecule has 0 amide bonds. The van der Waals surface area contributed by atoms with Crippen LogP contribution in [0.2, 0.25) is 0 Å². The van der Waals surface area contributed by atoms with Crippen LogP contribution in [0.15, 0.2) is 18.5 Å². The van der Waals surface area contributed by atoms with E-state index >= 15 is 0 Å². The molecule has 5 nitrogen and oxygen atoms in total.